The standard InChI is InChI=1S/C65H69BN2S/c1-40-31-55-58-56(32-40)68(47-34-43(41-19-15-13-16-20-41)33-44(35-47)42-21-17-14-18-22-42)59-48-36-45(61(2,3)4)23-26-57(48)69-60(59)66(58)53-38-51-52(65(11,12)30-29-64(51,9)10)39-54(53)67(55)46-24-25-49-50(37-46)63(7,8)28-27-62(49,5)6/h13-22,24-25,31-39H,23,26-30H2,1-12H3. The maximum Gasteiger partial charge on any atom is 0.264 e. The fourth-order valence-electron chi connectivity index (χ4n) is 13.1. The van der Waals surface area contributed by atoms with Crippen LogP contribution >= 0.6 is 11.3 Å². The number of aryl methyl sites for hydroxylation is 2. The summed E-state index contributed by atoms with van der Waals surface area (Å²) in [6.07, 6.45) is 9.55. The molecule has 4 heteroatoms. The molecule has 12 rings (SSSR count). The van der Waals surface area contributed by atoms with Crippen LogP contribution in [0.3, 0.4) is 0 Å². The van der Waals surface area contributed by atoms with E-state index < -0.39 is 0 Å². The van der Waals surface area contributed by atoms with Gasteiger partial charge in [0.2, 0.25) is 0 Å². The summed E-state index contributed by atoms with van der Waals surface area (Å²) in [6, 6.07) is 47.4. The van der Waals surface area contributed by atoms with E-state index in [9.17, 15) is 0 Å². The van der Waals surface area contributed by atoms with Crippen molar-refractivity contribution in [3.8, 4) is 22.3 Å². The largest absolute Gasteiger partial charge is 0.311 e. The van der Waals surface area contributed by atoms with Crippen molar-refractivity contribution in [2.45, 2.75) is 143 Å². The first kappa shape index (κ1) is 44.6. The molecule has 1 aromatic heterocycles. The number of hydrogen-bond donors (Lipinski definition) is 0. The fourth-order valence-corrected chi connectivity index (χ4v) is 14.5. The molecule has 5 aliphatic rings. The van der Waals surface area contributed by atoms with Crippen LogP contribution < -0.4 is 25.5 Å². The monoisotopic (exact) mass is 921 g/mol. The van der Waals surface area contributed by atoms with E-state index in [1.807, 2.05) is 0 Å². The Hall–Kier alpha value is -5.58. The van der Waals surface area contributed by atoms with Crippen molar-refractivity contribution in [3.63, 3.8) is 0 Å². The van der Waals surface area contributed by atoms with E-state index in [2.05, 4.69) is 232 Å². The second kappa shape index (κ2) is 15.2. The van der Waals surface area contributed by atoms with Crippen molar-refractivity contribution in [1.29, 1.82) is 0 Å². The molecule has 0 N–H and O–H groups in total. The third-order valence-electron chi connectivity index (χ3n) is 17.5. The van der Waals surface area contributed by atoms with E-state index in [4.69, 9.17) is 0 Å². The molecule has 0 saturated carbocycles. The summed E-state index contributed by atoms with van der Waals surface area (Å²) in [5.41, 5.74) is 26.4. The van der Waals surface area contributed by atoms with Crippen LogP contribution in [0.5, 0.6) is 0 Å². The molecule has 0 bridgehead atoms. The lowest BCUT2D eigenvalue weighted by atomic mass is 9.35. The molecule has 3 heterocycles. The van der Waals surface area contributed by atoms with Gasteiger partial charge in [-0.15, -0.1) is 0 Å². The van der Waals surface area contributed by atoms with E-state index in [1.165, 1.54) is 136 Å². The Labute approximate surface area is 417 Å². The molecular weight excluding hydrogens is 852 g/mol. The van der Waals surface area contributed by atoms with E-state index in [0.717, 1.165) is 12.8 Å². The first-order chi connectivity index (χ1) is 32.7. The van der Waals surface area contributed by atoms with Gasteiger partial charge >= 0.3 is 0 Å². The van der Waals surface area contributed by atoms with Crippen molar-refractivity contribution < 1.29 is 0 Å². The molecule has 0 spiro atoms. The van der Waals surface area contributed by atoms with Gasteiger partial charge in [0, 0.05) is 43.7 Å². The smallest absolute Gasteiger partial charge is 0.264 e. The van der Waals surface area contributed by atoms with Gasteiger partial charge in [0.15, 0.2) is 0 Å². The minimum atomic E-state index is 0.0659. The summed E-state index contributed by atoms with van der Waals surface area (Å²) in [6.45, 7) is 29.5. The lowest BCUT2D eigenvalue weighted by molar-refractivity contribution is 0.332. The predicted octanol–water partition coefficient (Wildman–Crippen LogP) is 16.5. The van der Waals surface area contributed by atoms with Gasteiger partial charge in [0.1, 0.15) is 0 Å². The second-order valence-corrected chi connectivity index (χ2v) is 26.3. The first-order valence-electron chi connectivity index (χ1n) is 25.9. The average molecular weight is 921 g/mol. The van der Waals surface area contributed by atoms with E-state index in [-0.39, 0.29) is 33.8 Å². The van der Waals surface area contributed by atoms with Gasteiger partial charge in [-0.2, -0.15) is 11.3 Å². The second-order valence-electron chi connectivity index (χ2n) is 25.1. The van der Waals surface area contributed by atoms with Crippen molar-refractivity contribution in [2.75, 3.05) is 9.80 Å². The number of anilines is 6. The summed E-state index contributed by atoms with van der Waals surface area (Å²) in [5.74, 6) is 0. The average Bonchev–Trinajstić information content (AvgIpc) is 3.70. The Balaban J connectivity index is 1.20. The van der Waals surface area contributed by atoms with Gasteiger partial charge in [0.05, 0.1) is 5.69 Å². The molecule has 0 amide bonds. The fraction of sp³-hybridized carbons (Fsp3) is 0.354. The number of thiophene rings is 1. The quantitative estimate of drug-likeness (QED) is 0.162. The molecule has 3 aliphatic carbocycles. The molecule has 0 saturated heterocycles. The Kier molecular flexibility index (Phi) is 9.84. The van der Waals surface area contributed by atoms with Crippen LogP contribution in [0, 0.1) is 12.3 Å². The van der Waals surface area contributed by atoms with Crippen LogP contribution in [0.1, 0.15) is 147 Å². The number of fused-ring (bicyclic) bond motifs is 8. The molecular formula is C65H69BN2S. The summed E-state index contributed by atoms with van der Waals surface area (Å²) < 4.78 is 1.48. The highest BCUT2D eigenvalue weighted by molar-refractivity contribution is 7.29. The van der Waals surface area contributed by atoms with Crippen LogP contribution in [0.4, 0.5) is 34.1 Å². The van der Waals surface area contributed by atoms with Crippen molar-refractivity contribution >= 4 is 74.0 Å². The molecule has 2 aliphatic heterocycles. The first-order valence-corrected chi connectivity index (χ1v) is 26.7. The van der Waals surface area contributed by atoms with Crippen LogP contribution in [-0.2, 0) is 28.1 Å². The Morgan fingerprint density at radius 3 is 1.62 bits per heavy atom. The number of benzene rings is 6. The molecule has 2 nitrogen and oxygen atoms in total. The molecule has 69 heavy (non-hydrogen) atoms. The number of nitrogens with zero attached hydrogens (tertiary/aromatic N) is 2. The number of allylic oxidation sites excluding steroid dienone is 1. The number of rotatable bonds is 4. The van der Waals surface area contributed by atoms with Gasteiger partial charge in [-0.25, -0.2) is 0 Å². The summed E-state index contributed by atoms with van der Waals surface area (Å²) >= 11 is 2.10. The predicted molar refractivity (Wildman–Crippen MR) is 300 cm³/mol. The summed E-state index contributed by atoms with van der Waals surface area (Å²) in [5, 5.41) is 0. The maximum absolute atomic E-state index is 2.72. The van der Waals surface area contributed by atoms with Crippen LogP contribution in [0.2, 0.25) is 0 Å². The van der Waals surface area contributed by atoms with Crippen LogP contribution in [-0.4, -0.2) is 6.71 Å². The minimum absolute atomic E-state index is 0.0659. The van der Waals surface area contributed by atoms with Crippen molar-refractivity contribution in [1.82, 2.24) is 0 Å². The molecule has 0 atom stereocenters. The van der Waals surface area contributed by atoms with E-state index in [0.29, 0.717) is 0 Å². The molecule has 348 valence electrons. The van der Waals surface area contributed by atoms with Gasteiger partial charge in [-0.3, -0.25) is 0 Å². The van der Waals surface area contributed by atoms with E-state index in [1.54, 1.807) is 5.57 Å². The lowest BCUT2D eigenvalue weighted by Crippen LogP contribution is -2.61. The summed E-state index contributed by atoms with van der Waals surface area (Å²) in [7, 11) is 0. The zero-order valence-corrected chi connectivity index (χ0v) is 44.1. The third kappa shape index (κ3) is 7.00. The Bertz CT molecular complexity index is 3220. The van der Waals surface area contributed by atoms with Crippen LogP contribution in [0.15, 0.2) is 127 Å². The Morgan fingerprint density at radius 1 is 0.507 bits per heavy atom. The van der Waals surface area contributed by atoms with Gasteiger partial charge in [-0.05, 0) is 182 Å². The topological polar surface area (TPSA) is 6.48 Å². The number of hydrogen-bond acceptors (Lipinski definition) is 3. The highest BCUT2D eigenvalue weighted by atomic mass is 32.1. The molecule has 7 aromatic rings. The van der Waals surface area contributed by atoms with E-state index >= 15 is 0 Å². The molecule has 0 radical (unpaired) electrons. The highest BCUT2D eigenvalue weighted by Crippen LogP contribution is 2.55. The summed E-state index contributed by atoms with van der Waals surface area (Å²) in [4.78, 5) is 6.97. The highest BCUT2D eigenvalue weighted by Gasteiger charge is 2.49. The van der Waals surface area contributed by atoms with Gasteiger partial charge in [-0.1, -0.05) is 161 Å². The molecule has 6 aromatic carbocycles. The van der Waals surface area contributed by atoms with Crippen molar-refractivity contribution in [3.05, 3.63) is 165 Å². The zero-order valence-electron chi connectivity index (χ0n) is 43.2. The van der Waals surface area contributed by atoms with Crippen LogP contribution in [0.25, 0.3) is 28.3 Å². The molecule has 0 fully saturated rings. The van der Waals surface area contributed by atoms with Gasteiger partial charge < -0.3 is 9.80 Å². The molecule has 0 unspecified atom stereocenters. The maximum atomic E-state index is 2.72. The third-order valence-corrected chi connectivity index (χ3v) is 18.8. The SMILES string of the molecule is Cc1cc2c3c(c1)N(c1cc(-c4ccccc4)cc(-c4ccccc4)c1)c1c(sc4c1C=C(C(C)(C)C)CC4)B3c1cc3c(cc1N2c1ccc2c(c1)C(C)(C)CCC2(C)C)C(C)(C)CCC3(C)C. The lowest BCUT2D eigenvalue weighted by Gasteiger charge is -2.47. The zero-order chi connectivity index (χ0) is 48.2. The normalized spacial score (nSPS) is 18.8. The minimum Gasteiger partial charge on any atom is -0.311 e. The Morgan fingerprint density at radius 2 is 1.04 bits per heavy atom. The van der Waals surface area contributed by atoms with Crippen molar-refractivity contribution in [2.24, 2.45) is 5.41 Å². The van der Waals surface area contributed by atoms with Gasteiger partial charge in [0.25, 0.3) is 6.71 Å².